The smallest absolute Gasteiger partial charge is 0.331 e. The number of rotatable bonds is 7. The molecule has 108 valence electrons. The van der Waals surface area contributed by atoms with Gasteiger partial charge in [0.25, 0.3) is 5.91 Å². The van der Waals surface area contributed by atoms with Crippen LogP contribution in [-0.4, -0.2) is 32.1 Å². The Morgan fingerprint density at radius 2 is 2.15 bits per heavy atom. The van der Waals surface area contributed by atoms with E-state index in [1.54, 1.807) is 19.3 Å². The van der Waals surface area contributed by atoms with E-state index in [1.807, 2.05) is 25.1 Å². The molecule has 0 aliphatic carbocycles. The summed E-state index contributed by atoms with van der Waals surface area (Å²) in [5.41, 5.74) is 0.816. The van der Waals surface area contributed by atoms with Crippen LogP contribution in [0.15, 0.2) is 30.3 Å². The minimum atomic E-state index is -0.556. The minimum absolute atomic E-state index is 0.263. The van der Waals surface area contributed by atoms with E-state index >= 15 is 0 Å². The van der Waals surface area contributed by atoms with E-state index in [9.17, 15) is 9.59 Å². The van der Waals surface area contributed by atoms with Gasteiger partial charge in [-0.05, 0) is 30.2 Å². The van der Waals surface area contributed by atoms with Crippen LogP contribution in [0.3, 0.4) is 0 Å². The number of benzene rings is 1. The van der Waals surface area contributed by atoms with Crippen molar-refractivity contribution >= 4 is 18.0 Å². The summed E-state index contributed by atoms with van der Waals surface area (Å²) in [6.07, 6.45) is 3.73. The summed E-state index contributed by atoms with van der Waals surface area (Å²) < 4.78 is 9.89. The summed E-state index contributed by atoms with van der Waals surface area (Å²) in [4.78, 5) is 22.7. The molecule has 1 amide bonds. The first-order valence-electron chi connectivity index (χ1n) is 6.41. The topological polar surface area (TPSA) is 64.6 Å². The molecule has 0 unspecified atom stereocenters. The van der Waals surface area contributed by atoms with Gasteiger partial charge in [-0.3, -0.25) is 4.79 Å². The number of ether oxygens (including phenoxy) is 2. The second-order valence-corrected chi connectivity index (χ2v) is 4.07. The van der Waals surface area contributed by atoms with Gasteiger partial charge < -0.3 is 14.8 Å². The van der Waals surface area contributed by atoms with E-state index in [1.165, 1.54) is 6.08 Å². The Bertz CT molecular complexity index is 483. The number of carbonyl (C=O) groups excluding carboxylic acids is 2. The molecule has 0 spiro atoms. The normalized spacial score (nSPS) is 10.3. The lowest BCUT2D eigenvalue weighted by molar-refractivity contribution is -0.143. The summed E-state index contributed by atoms with van der Waals surface area (Å²) in [6.45, 7) is 2.26. The van der Waals surface area contributed by atoms with Crippen molar-refractivity contribution in [2.24, 2.45) is 0 Å². The predicted molar refractivity (Wildman–Crippen MR) is 76.3 cm³/mol. The Balaban J connectivity index is 2.41. The zero-order valence-corrected chi connectivity index (χ0v) is 11.7. The van der Waals surface area contributed by atoms with Gasteiger partial charge in [0, 0.05) is 12.6 Å². The second-order valence-electron chi connectivity index (χ2n) is 4.07. The molecule has 1 rings (SSSR count). The lowest BCUT2D eigenvalue weighted by atomic mass is 10.2. The maximum absolute atomic E-state index is 11.4. The highest BCUT2D eigenvalue weighted by molar-refractivity contribution is 5.89. The van der Waals surface area contributed by atoms with Gasteiger partial charge in [-0.15, -0.1) is 0 Å². The van der Waals surface area contributed by atoms with E-state index in [0.717, 1.165) is 12.0 Å². The van der Waals surface area contributed by atoms with Crippen LogP contribution in [-0.2, 0) is 14.3 Å². The fourth-order valence-corrected chi connectivity index (χ4v) is 1.41. The molecule has 0 saturated carbocycles. The molecule has 0 atom stereocenters. The van der Waals surface area contributed by atoms with Crippen molar-refractivity contribution in [3.05, 3.63) is 35.9 Å². The van der Waals surface area contributed by atoms with E-state index in [0.29, 0.717) is 12.3 Å². The molecule has 1 aromatic rings. The molecule has 1 aromatic carbocycles. The molecule has 0 heterocycles. The van der Waals surface area contributed by atoms with Crippen LogP contribution in [0.5, 0.6) is 5.75 Å². The van der Waals surface area contributed by atoms with Crippen molar-refractivity contribution in [2.75, 3.05) is 20.3 Å². The number of hydrogen-bond donors (Lipinski definition) is 1. The quantitative estimate of drug-likeness (QED) is 0.609. The van der Waals surface area contributed by atoms with Crippen molar-refractivity contribution in [3.63, 3.8) is 0 Å². The third-order valence-electron chi connectivity index (χ3n) is 2.42. The fraction of sp³-hybridized carbons (Fsp3) is 0.333. The van der Waals surface area contributed by atoms with Crippen LogP contribution in [0.25, 0.3) is 6.08 Å². The minimum Gasteiger partial charge on any atom is -0.497 e. The Labute approximate surface area is 118 Å². The number of amides is 1. The van der Waals surface area contributed by atoms with Gasteiger partial charge in [0.1, 0.15) is 5.75 Å². The van der Waals surface area contributed by atoms with E-state index < -0.39 is 5.97 Å². The lowest BCUT2D eigenvalue weighted by Gasteiger charge is -2.03. The lowest BCUT2D eigenvalue weighted by Crippen LogP contribution is -2.28. The van der Waals surface area contributed by atoms with Crippen LogP contribution in [0.4, 0.5) is 0 Å². The average molecular weight is 277 g/mol. The van der Waals surface area contributed by atoms with Gasteiger partial charge in [-0.25, -0.2) is 4.79 Å². The highest BCUT2D eigenvalue weighted by Crippen LogP contribution is 2.13. The molecule has 0 aromatic heterocycles. The zero-order chi connectivity index (χ0) is 14.8. The Morgan fingerprint density at radius 3 is 2.85 bits per heavy atom. The number of methoxy groups -OCH3 is 1. The molecule has 20 heavy (non-hydrogen) atoms. The van der Waals surface area contributed by atoms with Gasteiger partial charge in [-0.2, -0.15) is 0 Å². The summed E-state index contributed by atoms with van der Waals surface area (Å²) in [5, 5.41) is 2.62. The highest BCUT2D eigenvalue weighted by atomic mass is 16.5. The molecule has 0 bridgehead atoms. The molecule has 0 saturated heterocycles. The SMILES string of the molecule is CCCNC(=O)COC(=O)/C=C/c1cccc(OC)c1. The van der Waals surface area contributed by atoms with Gasteiger partial charge in [0.2, 0.25) is 0 Å². The molecule has 0 aliphatic heterocycles. The summed E-state index contributed by atoms with van der Waals surface area (Å²) >= 11 is 0. The largest absolute Gasteiger partial charge is 0.497 e. The van der Waals surface area contributed by atoms with Crippen LogP contribution in [0, 0.1) is 0 Å². The van der Waals surface area contributed by atoms with Crippen LogP contribution >= 0.6 is 0 Å². The number of nitrogens with one attached hydrogen (secondary N) is 1. The summed E-state index contributed by atoms with van der Waals surface area (Å²) in [6, 6.07) is 7.26. The number of carbonyl (C=O) groups is 2. The molecule has 0 aliphatic rings. The Morgan fingerprint density at radius 1 is 1.35 bits per heavy atom. The molecule has 5 nitrogen and oxygen atoms in total. The molecule has 0 radical (unpaired) electrons. The Kier molecular flexibility index (Phi) is 6.89. The maximum atomic E-state index is 11.4. The monoisotopic (exact) mass is 277 g/mol. The van der Waals surface area contributed by atoms with Gasteiger partial charge >= 0.3 is 5.97 Å². The maximum Gasteiger partial charge on any atom is 0.331 e. The van der Waals surface area contributed by atoms with Crippen molar-refractivity contribution in [3.8, 4) is 5.75 Å². The van der Waals surface area contributed by atoms with Crippen molar-refractivity contribution < 1.29 is 19.1 Å². The Hall–Kier alpha value is -2.30. The van der Waals surface area contributed by atoms with Crippen molar-refractivity contribution in [1.82, 2.24) is 5.32 Å². The predicted octanol–water partition coefficient (Wildman–Crippen LogP) is 1.78. The summed E-state index contributed by atoms with van der Waals surface area (Å²) in [5.74, 6) is -0.145. The molecular formula is C15H19NO4. The molecule has 1 N–H and O–H groups in total. The molecular weight excluding hydrogens is 258 g/mol. The fourth-order valence-electron chi connectivity index (χ4n) is 1.41. The number of hydrogen-bond acceptors (Lipinski definition) is 4. The first-order valence-corrected chi connectivity index (χ1v) is 6.41. The molecule has 5 heteroatoms. The standard InChI is InChI=1S/C15H19NO4/c1-3-9-16-14(17)11-20-15(18)8-7-12-5-4-6-13(10-12)19-2/h4-8,10H,3,9,11H2,1-2H3,(H,16,17)/b8-7+. The summed E-state index contributed by atoms with van der Waals surface area (Å²) in [7, 11) is 1.58. The van der Waals surface area contributed by atoms with E-state index in [-0.39, 0.29) is 12.5 Å². The second kappa shape index (κ2) is 8.74. The third kappa shape index (κ3) is 6.04. The van der Waals surface area contributed by atoms with Gasteiger partial charge in [-0.1, -0.05) is 19.1 Å². The number of esters is 1. The van der Waals surface area contributed by atoms with Crippen LogP contribution in [0.1, 0.15) is 18.9 Å². The zero-order valence-electron chi connectivity index (χ0n) is 11.7. The van der Waals surface area contributed by atoms with Crippen LogP contribution < -0.4 is 10.1 Å². The first-order chi connectivity index (χ1) is 9.65. The highest BCUT2D eigenvalue weighted by Gasteiger charge is 2.03. The van der Waals surface area contributed by atoms with Crippen molar-refractivity contribution in [1.29, 1.82) is 0 Å². The van der Waals surface area contributed by atoms with Gasteiger partial charge in [0.15, 0.2) is 6.61 Å². The van der Waals surface area contributed by atoms with E-state index in [2.05, 4.69) is 5.32 Å². The van der Waals surface area contributed by atoms with Crippen LogP contribution in [0.2, 0.25) is 0 Å². The van der Waals surface area contributed by atoms with Crippen molar-refractivity contribution in [2.45, 2.75) is 13.3 Å². The van der Waals surface area contributed by atoms with E-state index in [4.69, 9.17) is 9.47 Å². The third-order valence-corrected chi connectivity index (χ3v) is 2.42. The molecule has 0 fully saturated rings. The first kappa shape index (κ1) is 15.8. The average Bonchev–Trinajstić information content (AvgIpc) is 2.49. The van der Waals surface area contributed by atoms with Gasteiger partial charge in [0.05, 0.1) is 7.11 Å².